The standard InChI is InChI=1S/C5H14O4Si/c1-4-8-10(6,7)9-5(2)3/h5-7H,4H2,1-3H3. The molecule has 0 aromatic heterocycles. The van der Waals surface area contributed by atoms with Crippen LogP contribution in [0, 0.1) is 0 Å². The molecule has 0 aliphatic carbocycles. The van der Waals surface area contributed by atoms with E-state index in [-0.39, 0.29) is 12.7 Å². The average Bonchev–Trinajstić information content (AvgIpc) is 1.59. The van der Waals surface area contributed by atoms with E-state index in [1.165, 1.54) is 0 Å². The summed E-state index contributed by atoms with van der Waals surface area (Å²) in [5.41, 5.74) is 0. The van der Waals surface area contributed by atoms with Gasteiger partial charge in [0.2, 0.25) is 0 Å². The van der Waals surface area contributed by atoms with Crippen LogP contribution < -0.4 is 0 Å². The highest BCUT2D eigenvalue weighted by molar-refractivity contribution is 6.50. The van der Waals surface area contributed by atoms with Crippen molar-refractivity contribution in [3.8, 4) is 0 Å². The second kappa shape index (κ2) is 4.04. The van der Waals surface area contributed by atoms with Crippen molar-refractivity contribution >= 4 is 9.05 Å². The fourth-order valence-corrected chi connectivity index (χ4v) is 1.59. The zero-order valence-corrected chi connectivity index (χ0v) is 7.50. The second-order valence-corrected chi connectivity index (χ2v) is 3.77. The molecule has 4 nitrogen and oxygen atoms in total. The summed E-state index contributed by atoms with van der Waals surface area (Å²) in [7, 11) is -3.77. The summed E-state index contributed by atoms with van der Waals surface area (Å²) in [4.78, 5) is 17.9. The molecule has 0 spiro atoms. The fraction of sp³-hybridized carbons (Fsp3) is 1.00. The van der Waals surface area contributed by atoms with E-state index in [9.17, 15) is 0 Å². The van der Waals surface area contributed by atoms with E-state index < -0.39 is 9.05 Å². The van der Waals surface area contributed by atoms with Gasteiger partial charge in [0.1, 0.15) is 0 Å². The molecule has 0 heterocycles. The Labute approximate surface area is 61.9 Å². The quantitative estimate of drug-likeness (QED) is 0.571. The Morgan fingerprint density at radius 2 is 1.90 bits per heavy atom. The minimum Gasteiger partial charge on any atom is -0.367 e. The van der Waals surface area contributed by atoms with Gasteiger partial charge >= 0.3 is 9.05 Å². The van der Waals surface area contributed by atoms with Gasteiger partial charge < -0.3 is 18.4 Å². The van der Waals surface area contributed by atoms with Gasteiger partial charge in [-0.3, -0.25) is 0 Å². The molecule has 0 bridgehead atoms. The van der Waals surface area contributed by atoms with E-state index in [0.29, 0.717) is 0 Å². The van der Waals surface area contributed by atoms with Crippen LogP contribution in [0.5, 0.6) is 0 Å². The largest absolute Gasteiger partial charge is 0.674 e. The molecule has 2 N–H and O–H groups in total. The lowest BCUT2D eigenvalue weighted by Crippen LogP contribution is -2.44. The van der Waals surface area contributed by atoms with Crippen molar-refractivity contribution in [1.29, 1.82) is 0 Å². The van der Waals surface area contributed by atoms with Crippen molar-refractivity contribution in [2.75, 3.05) is 6.61 Å². The maximum Gasteiger partial charge on any atom is 0.674 e. The zero-order valence-electron chi connectivity index (χ0n) is 6.50. The molecule has 0 fully saturated rings. The van der Waals surface area contributed by atoms with Gasteiger partial charge in [-0.15, -0.1) is 0 Å². The summed E-state index contributed by atoms with van der Waals surface area (Å²) >= 11 is 0. The van der Waals surface area contributed by atoms with Crippen molar-refractivity contribution in [3.63, 3.8) is 0 Å². The Bertz CT molecular complexity index is 93.6. The van der Waals surface area contributed by atoms with Gasteiger partial charge in [0.25, 0.3) is 0 Å². The Morgan fingerprint density at radius 1 is 1.40 bits per heavy atom. The van der Waals surface area contributed by atoms with Crippen LogP contribution >= 0.6 is 0 Å². The van der Waals surface area contributed by atoms with Crippen LogP contribution in [0.3, 0.4) is 0 Å². The van der Waals surface area contributed by atoms with Gasteiger partial charge in [0.05, 0.1) is 0 Å². The summed E-state index contributed by atoms with van der Waals surface area (Å²) in [5, 5.41) is 0. The molecule has 0 amide bonds. The van der Waals surface area contributed by atoms with Gasteiger partial charge in [-0.2, -0.15) is 0 Å². The molecule has 5 heteroatoms. The van der Waals surface area contributed by atoms with Gasteiger partial charge in [0.15, 0.2) is 0 Å². The lowest BCUT2D eigenvalue weighted by Gasteiger charge is -2.18. The van der Waals surface area contributed by atoms with Crippen LogP contribution in [-0.2, 0) is 8.85 Å². The molecule has 0 rings (SSSR count). The fourth-order valence-electron chi connectivity index (χ4n) is 0.529. The molecule has 0 aromatic rings. The third-order valence-electron chi connectivity index (χ3n) is 0.722. The van der Waals surface area contributed by atoms with E-state index in [2.05, 4.69) is 4.43 Å². The van der Waals surface area contributed by atoms with Gasteiger partial charge in [-0.05, 0) is 20.8 Å². The number of hydrogen-bond donors (Lipinski definition) is 2. The monoisotopic (exact) mass is 166 g/mol. The molecule has 0 aliphatic rings. The van der Waals surface area contributed by atoms with E-state index in [0.717, 1.165) is 0 Å². The molecular formula is C5H14O4Si. The Balaban J connectivity index is 3.63. The van der Waals surface area contributed by atoms with Crippen LogP contribution in [0.15, 0.2) is 0 Å². The first-order chi connectivity index (χ1) is 4.48. The lowest BCUT2D eigenvalue weighted by molar-refractivity contribution is 0.00667. The first-order valence-corrected chi connectivity index (χ1v) is 4.95. The highest BCUT2D eigenvalue weighted by Crippen LogP contribution is 2.01. The summed E-state index contributed by atoms with van der Waals surface area (Å²) in [6.07, 6.45) is -0.215. The second-order valence-electron chi connectivity index (χ2n) is 2.15. The van der Waals surface area contributed by atoms with Crippen molar-refractivity contribution in [2.24, 2.45) is 0 Å². The van der Waals surface area contributed by atoms with Crippen LogP contribution in [0.4, 0.5) is 0 Å². The van der Waals surface area contributed by atoms with E-state index >= 15 is 0 Å². The molecule has 0 saturated heterocycles. The predicted octanol–water partition coefficient (Wildman–Crippen LogP) is -0.132. The average molecular weight is 166 g/mol. The van der Waals surface area contributed by atoms with Crippen LogP contribution in [0.2, 0.25) is 0 Å². The number of rotatable bonds is 4. The third-order valence-corrected chi connectivity index (χ3v) is 2.16. The first kappa shape index (κ1) is 10.1. The molecular weight excluding hydrogens is 152 g/mol. The smallest absolute Gasteiger partial charge is 0.367 e. The molecule has 62 valence electrons. The lowest BCUT2D eigenvalue weighted by atomic mass is 10.5. The normalized spacial score (nSPS) is 12.6. The highest BCUT2D eigenvalue weighted by Gasteiger charge is 2.36. The van der Waals surface area contributed by atoms with Crippen molar-refractivity contribution in [2.45, 2.75) is 26.9 Å². The molecule has 0 saturated carbocycles. The van der Waals surface area contributed by atoms with Crippen LogP contribution in [0.25, 0.3) is 0 Å². The predicted molar refractivity (Wildman–Crippen MR) is 38.0 cm³/mol. The summed E-state index contributed by atoms with van der Waals surface area (Å²) in [6, 6.07) is 0. The molecule has 0 aliphatic heterocycles. The minimum atomic E-state index is -3.77. The highest BCUT2D eigenvalue weighted by atomic mass is 28.4. The number of hydrogen-bond acceptors (Lipinski definition) is 4. The van der Waals surface area contributed by atoms with Crippen molar-refractivity contribution in [3.05, 3.63) is 0 Å². The minimum absolute atomic E-state index is 0.215. The molecule has 0 radical (unpaired) electrons. The first-order valence-electron chi connectivity index (χ1n) is 3.24. The van der Waals surface area contributed by atoms with Crippen LogP contribution in [-0.4, -0.2) is 31.4 Å². The maximum atomic E-state index is 8.93. The zero-order chi connectivity index (χ0) is 8.20. The summed E-state index contributed by atoms with van der Waals surface area (Å²) < 4.78 is 9.27. The van der Waals surface area contributed by atoms with E-state index in [1.807, 2.05) is 0 Å². The van der Waals surface area contributed by atoms with Crippen LogP contribution in [0.1, 0.15) is 20.8 Å². The third kappa shape index (κ3) is 4.89. The molecule has 10 heavy (non-hydrogen) atoms. The molecule has 0 aromatic carbocycles. The van der Waals surface area contributed by atoms with Gasteiger partial charge in [-0.25, -0.2) is 0 Å². The topological polar surface area (TPSA) is 58.9 Å². The van der Waals surface area contributed by atoms with E-state index in [4.69, 9.17) is 14.0 Å². The van der Waals surface area contributed by atoms with Crippen molar-refractivity contribution in [1.82, 2.24) is 0 Å². The Kier molecular flexibility index (Phi) is 4.07. The Hall–Kier alpha value is 0.0569. The van der Waals surface area contributed by atoms with Crippen molar-refractivity contribution < 1.29 is 18.4 Å². The van der Waals surface area contributed by atoms with Gasteiger partial charge in [0, 0.05) is 12.7 Å². The summed E-state index contributed by atoms with van der Waals surface area (Å²) in [5.74, 6) is 0. The summed E-state index contributed by atoms with van der Waals surface area (Å²) in [6.45, 7) is 5.37. The Morgan fingerprint density at radius 3 is 2.20 bits per heavy atom. The van der Waals surface area contributed by atoms with E-state index in [1.54, 1.807) is 20.8 Å². The maximum absolute atomic E-state index is 8.93. The van der Waals surface area contributed by atoms with Gasteiger partial charge in [-0.1, -0.05) is 0 Å². The SMILES string of the molecule is CCO[Si](O)(O)OC(C)C. The molecule has 0 atom stereocenters. The molecule has 0 unspecified atom stereocenters.